The van der Waals surface area contributed by atoms with Gasteiger partial charge in [-0.3, -0.25) is 9.69 Å². The summed E-state index contributed by atoms with van der Waals surface area (Å²) in [6.07, 6.45) is -13.8. The van der Waals surface area contributed by atoms with Crippen LogP contribution in [-0.4, -0.2) is 62.1 Å². The van der Waals surface area contributed by atoms with Crippen molar-refractivity contribution in [1.82, 2.24) is 30.0 Å². The molecule has 1 aliphatic heterocycles. The molecule has 2 aromatic carbocycles. The predicted molar refractivity (Wildman–Crippen MR) is 148 cm³/mol. The van der Waals surface area contributed by atoms with Crippen LogP contribution in [0.3, 0.4) is 0 Å². The van der Waals surface area contributed by atoms with E-state index in [1.54, 1.807) is 11.9 Å². The monoisotopic (exact) mass is 665 g/mol. The van der Waals surface area contributed by atoms with Crippen LogP contribution in [0.2, 0.25) is 0 Å². The lowest BCUT2D eigenvalue weighted by molar-refractivity contribution is -0.143. The van der Waals surface area contributed by atoms with E-state index >= 15 is 0 Å². The molecule has 2 unspecified atom stereocenters. The van der Waals surface area contributed by atoms with Gasteiger partial charge < -0.3 is 9.80 Å². The number of likely N-dealkylation sites (N-methyl/N-ethyl adjacent to an activating group) is 1. The van der Waals surface area contributed by atoms with Gasteiger partial charge in [0.05, 0.1) is 23.7 Å². The molecule has 2 heterocycles. The molecule has 2 atom stereocenters. The summed E-state index contributed by atoms with van der Waals surface area (Å²) in [6, 6.07) is 3.76. The third-order valence-electron chi connectivity index (χ3n) is 8.06. The van der Waals surface area contributed by atoms with Crippen molar-refractivity contribution < 1.29 is 44.3 Å². The summed E-state index contributed by atoms with van der Waals surface area (Å²) in [7, 11) is 3.05. The second-order valence-corrected chi connectivity index (χ2v) is 11.3. The summed E-state index contributed by atoms with van der Waals surface area (Å²) in [5.74, 6) is -0.347. The quantitative estimate of drug-likeness (QED) is 0.244. The van der Waals surface area contributed by atoms with Gasteiger partial charge in [0.15, 0.2) is 0 Å². The van der Waals surface area contributed by atoms with E-state index in [1.807, 2.05) is 11.8 Å². The first kappa shape index (κ1) is 35.0. The van der Waals surface area contributed by atoms with E-state index in [0.717, 1.165) is 16.9 Å². The van der Waals surface area contributed by atoms with Gasteiger partial charge in [-0.05, 0) is 65.1 Å². The van der Waals surface area contributed by atoms with Gasteiger partial charge in [0, 0.05) is 52.2 Å². The van der Waals surface area contributed by atoms with E-state index in [2.05, 4.69) is 15.4 Å². The zero-order valence-electron chi connectivity index (χ0n) is 25.3. The van der Waals surface area contributed by atoms with E-state index in [4.69, 9.17) is 0 Å². The minimum atomic E-state index is -5.10. The Hall–Kier alpha value is -3.89. The molecule has 0 radical (unpaired) electrons. The van der Waals surface area contributed by atoms with E-state index in [-0.39, 0.29) is 29.5 Å². The first-order chi connectivity index (χ1) is 21.3. The topological polar surface area (TPSA) is 70.4 Å². The molecular weight excluding hydrogens is 633 g/mol. The van der Waals surface area contributed by atoms with Gasteiger partial charge in [-0.25, -0.2) is 0 Å². The molecule has 3 aromatic rings. The molecule has 8 nitrogen and oxygen atoms in total. The Bertz CT molecular complexity index is 1500. The van der Waals surface area contributed by atoms with E-state index < -0.39 is 59.9 Å². The second kappa shape index (κ2) is 13.1. The third kappa shape index (κ3) is 8.09. The van der Waals surface area contributed by atoms with E-state index in [1.165, 1.54) is 24.9 Å². The van der Waals surface area contributed by atoms with Crippen molar-refractivity contribution >= 4 is 11.9 Å². The lowest BCUT2D eigenvalue weighted by Crippen LogP contribution is -2.38. The zero-order valence-corrected chi connectivity index (χ0v) is 25.3. The first-order valence-electron chi connectivity index (χ1n) is 14.2. The van der Waals surface area contributed by atoms with Gasteiger partial charge in [-0.2, -0.15) is 44.3 Å². The minimum Gasteiger partial charge on any atom is -0.342 e. The van der Waals surface area contributed by atoms with Gasteiger partial charge in [-0.1, -0.05) is 18.1 Å². The summed E-state index contributed by atoms with van der Waals surface area (Å²) in [5, 5.41) is 11.6. The Balaban J connectivity index is 1.79. The molecule has 0 N–H and O–H groups in total. The number of amides is 1. The smallest absolute Gasteiger partial charge is 0.342 e. The van der Waals surface area contributed by atoms with Crippen LogP contribution < -0.4 is 4.90 Å². The average molecular weight is 666 g/mol. The highest BCUT2D eigenvalue weighted by molar-refractivity contribution is 5.73. The summed E-state index contributed by atoms with van der Waals surface area (Å²) >= 11 is 0. The Morgan fingerprint density at radius 1 is 0.935 bits per heavy atom. The van der Waals surface area contributed by atoms with Crippen LogP contribution in [0, 0.1) is 0 Å². The first-order valence-corrected chi connectivity index (χ1v) is 14.2. The molecule has 0 spiro atoms. The summed E-state index contributed by atoms with van der Waals surface area (Å²) in [5.41, 5.74) is -3.85. The number of likely N-dealkylation sites (tertiary alicyclic amines) is 1. The van der Waals surface area contributed by atoms with Crippen molar-refractivity contribution in [1.29, 1.82) is 0 Å². The zero-order chi connectivity index (χ0) is 34.2. The lowest BCUT2D eigenvalue weighted by Gasteiger charge is -2.32. The molecule has 46 heavy (non-hydrogen) atoms. The highest BCUT2D eigenvalue weighted by atomic mass is 19.4. The summed E-state index contributed by atoms with van der Waals surface area (Å²) in [4.78, 5) is 17.8. The number of aryl methyl sites for hydroxylation is 1. The van der Waals surface area contributed by atoms with Crippen molar-refractivity contribution in [2.45, 2.75) is 70.4 Å². The molecular formula is C29H32F9N7O. The molecule has 0 bridgehead atoms. The maximum absolute atomic E-state index is 13.9. The molecule has 0 aliphatic carbocycles. The molecule has 1 saturated heterocycles. The van der Waals surface area contributed by atoms with Crippen LogP contribution in [0.25, 0.3) is 0 Å². The number of rotatable bonds is 9. The van der Waals surface area contributed by atoms with Crippen LogP contribution >= 0.6 is 0 Å². The highest BCUT2D eigenvalue weighted by Gasteiger charge is 2.38. The average Bonchev–Trinajstić information content (AvgIpc) is 3.61. The molecule has 1 fully saturated rings. The Labute approximate surface area is 258 Å². The summed E-state index contributed by atoms with van der Waals surface area (Å²) in [6.45, 7) is 3.27. The predicted octanol–water partition coefficient (Wildman–Crippen LogP) is 6.48. The van der Waals surface area contributed by atoms with Crippen molar-refractivity contribution in [2.24, 2.45) is 7.05 Å². The number of benzene rings is 2. The number of hydrogen-bond acceptors (Lipinski definition) is 6. The van der Waals surface area contributed by atoms with Crippen LogP contribution in [0.5, 0.6) is 0 Å². The van der Waals surface area contributed by atoms with Crippen molar-refractivity contribution in [3.8, 4) is 0 Å². The minimum absolute atomic E-state index is 0.00197. The number of tetrazole rings is 1. The van der Waals surface area contributed by atoms with Gasteiger partial charge in [0.25, 0.3) is 5.95 Å². The Kier molecular flexibility index (Phi) is 9.94. The maximum atomic E-state index is 13.9. The van der Waals surface area contributed by atoms with Crippen LogP contribution in [-0.2, 0) is 43.5 Å². The van der Waals surface area contributed by atoms with Gasteiger partial charge in [0.1, 0.15) is 0 Å². The van der Waals surface area contributed by atoms with E-state index in [0.29, 0.717) is 43.6 Å². The molecule has 4 rings (SSSR count). The van der Waals surface area contributed by atoms with Gasteiger partial charge >= 0.3 is 18.5 Å². The molecule has 0 saturated carbocycles. The third-order valence-corrected chi connectivity index (χ3v) is 8.06. The fraction of sp³-hybridized carbons (Fsp3) is 0.517. The number of halogens is 9. The molecule has 1 amide bonds. The van der Waals surface area contributed by atoms with Crippen molar-refractivity contribution in [3.63, 3.8) is 0 Å². The maximum Gasteiger partial charge on any atom is 0.416 e. The molecule has 252 valence electrons. The fourth-order valence-corrected chi connectivity index (χ4v) is 5.68. The number of carbonyl (C=O) groups is 1. The molecule has 17 heteroatoms. The van der Waals surface area contributed by atoms with Gasteiger partial charge in [-0.15, -0.1) is 5.10 Å². The largest absolute Gasteiger partial charge is 0.416 e. The number of alkyl halides is 9. The van der Waals surface area contributed by atoms with Gasteiger partial charge in [0.2, 0.25) is 5.91 Å². The number of aromatic nitrogens is 4. The fourth-order valence-electron chi connectivity index (χ4n) is 5.68. The second-order valence-electron chi connectivity index (χ2n) is 11.3. The van der Waals surface area contributed by atoms with E-state index in [9.17, 15) is 44.3 Å². The Morgan fingerprint density at radius 2 is 1.54 bits per heavy atom. The number of hydrogen-bond donors (Lipinski definition) is 0. The lowest BCUT2D eigenvalue weighted by atomic mass is 9.94. The Morgan fingerprint density at radius 3 is 2.04 bits per heavy atom. The van der Waals surface area contributed by atoms with Crippen molar-refractivity contribution in [3.05, 3.63) is 69.8 Å². The number of nitrogens with zero attached hydrogens (tertiary/aromatic N) is 7. The summed E-state index contributed by atoms with van der Waals surface area (Å²) < 4.78 is 123. The van der Waals surface area contributed by atoms with Crippen LogP contribution in [0.1, 0.15) is 66.1 Å². The highest BCUT2D eigenvalue weighted by Crippen LogP contribution is 2.39. The number of carbonyl (C=O) groups excluding carboxylic acids is 1. The SMILES string of the molecule is CCC(c1ccc(C(F)(F)F)cc1CN(Cc1cc(C(F)(F)F)cc(C(F)(F)F)c1)c1nnn(C)n1)N1CCC(N(C)C(C)=O)C1. The van der Waals surface area contributed by atoms with Crippen molar-refractivity contribution in [2.75, 3.05) is 25.0 Å². The normalized spacial score (nSPS) is 16.9. The molecule has 1 aliphatic rings. The number of anilines is 1. The van der Waals surface area contributed by atoms with Crippen LogP contribution in [0.4, 0.5) is 45.5 Å². The van der Waals surface area contributed by atoms with Crippen LogP contribution in [0.15, 0.2) is 36.4 Å². The molecule has 1 aromatic heterocycles. The standard InChI is InChI=1S/C29H32F9N7O/c1-5-25(44-9-8-23(16-44)42(3)17(2)46)24-7-6-20(27(30,31)32)12-19(24)15-45(26-39-41-43(4)40-26)14-18-10-21(28(33,34)35)13-22(11-18)29(36,37)38/h6-7,10-13,23,25H,5,8-9,14-16H2,1-4H3.